The largest absolute Gasteiger partial charge is 0.489 e. The molecule has 2 N–H and O–H groups in total. The number of fused-ring (bicyclic) bond motifs is 1. The molecule has 1 spiro atoms. The summed E-state index contributed by atoms with van der Waals surface area (Å²) in [6, 6.07) is 16.3. The van der Waals surface area contributed by atoms with Gasteiger partial charge in [-0.25, -0.2) is 0 Å². The summed E-state index contributed by atoms with van der Waals surface area (Å²) in [7, 11) is 0. The van der Waals surface area contributed by atoms with Crippen LogP contribution in [0.1, 0.15) is 42.9 Å². The maximum Gasteiger partial charge on any atom is 0.128 e. The zero-order chi connectivity index (χ0) is 15.0. The number of nitrogens with two attached hydrogens (primary N) is 1. The van der Waals surface area contributed by atoms with Gasteiger partial charge in [-0.1, -0.05) is 36.4 Å². The Hall–Kier alpha value is -2.00. The molecule has 1 saturated carbocycles. The van der Waals surface area contributed by atoms with Crippen LogP contribution in [-0.4, -0.2) is 5.60 Å². The third-order valence-corrected chi connectivity index (χ3v) is 4.82. The first-order valence-electron chi connectivity index (χ1n) is 7.99. The molecule has 3 nitrogen and oxygen atoms in total. The van der Waals surface area contributed by atoms with Gasteiger partial charge in [0.15, 0.2) is 0 Å². The summed E-state index contributed by atoms with van der Waals surface area (Å²) in [5.74, 6) is 1.75. The van der Waals surface area contributed by atoms with Gasteiger partial charge in [0.25, 0.3) is 0 Å². The number of hydrogen-bond donors (Lipinski definition) is 1. The standard InChI is InChI=1S/C19H21NO2/c20-17-12-19(9-4-10-19)22-18-11-15(7-8-16(17)18)21-13-14-5-2-1-3-6-14/h1-3,5-8,11,17H,4,9-10,12-13,20H2. The van der Waals surface area contributed by atoms with Crippen LogP contribution in [0.15, 0.2) is 48.5 Å². The number of benzene rings is 2. The van der Waals surface area contributed by atoms with Crippen molar-refractivity contribution in [1.82, 2.24) is 0 Å². The predicted molar refractivity (Wildman–Crippen MR) is 86.0 cm³/mol. The second kappa shape index (κ2) is 5.33. The maximum atomic E-state index is 6.33. The lowest BCUT2D eigenvalue weighted by molar-refractivity contribution is -0.0331. The van der Waals surface area contributed by atoms with Gasteiger partial charge in [-0.05, 0) is 30.9 Å². The molecule has 0 saturated heterocycles. The van der Waals surface area contributed by atoms with Crippen LogP contribution in [0.25, 0.3) is 0 Å². The monoisotopic (exact) mass is 295 g/mol. The van der Waals surface area contributed by atoms with Crippen LogP contribution in [-0.2, 0) is 6.61 Å². The maximum absolute atomic E-state index is 6.33. The second-order valence-corrected chi connectivity index (χ2v) is 6.42. The van der Waals surface area contributed by atoms with Gasteiger partial charge in [0.2, 0.25) is 0 Å². The highest BCUT2D eigenvalue weighted by Gasteiger charge is 2.44. The van der Waals surface area contributed by atoms with Crippen LogP contribution in [0.2, 0.25) is 0 Å². The van der Waals surface area contributed by atoms with Crippen molar-refractivity contribution in [2.45, 2.75) is 43.9 Å². The van der Waals surface area contributed by atoms with E-state index in [1.165, 1.54) is 6.42 Å². The highest BCUT2D eigenvalue weighted by molar-refractivity contribution is 5.45. The summed E-state index contributed by atoms with van der Waals surface area (Å²) >= 11 is 0. The van der Waals surface area contributed by atoms with Crippen molar-refractivity contribution >= 4 is 0 Å². The van der Waals surface area contributed by atoms with Gasteiger partial charge in [-0.15, -0.1) is 0 Å². The fourth-order valence-corrected chi connectivity index (χ4v) is 3.40. The highest BCUT2D eigenvalue weighted by Crippen LogP contribution is 2.48. The van der Waals surface area contributed by atoms with Crippen LogP contribution in [0.4, 0.5) is 0 Å². The average Bonchev–Trinajstić information content (AvgIpc) is 2.52. The first-order chi connectivity index (χ1) is 10.7. The van der Waals surface area contributed by atoms with E-state index in [-0.39, 0.29) is 11.6 Å². The molecule has 2 aromatic rings. The second-order valence-electron chi connectivity index (χ2n) is 6.42. The van der Waals surface area contributed by atoms with E-state index in [1.807, 2.05) is 36.4 Å². The van der Waals surface area contributed by atoms with Gasteiger partial charge >= 0.3 is 0 Å². The Morgan fingerprint density at radius 3 is 2.68 bits per heavy atom. The molecule has 1 aliphatic carbocycles. The number of ether oxygens (including phenoxy) is 2. The summed E-state index contributed by atoms with van der Waals surface area (Å²) in [6.07, 6.45) is 4.42. The average molecular weight is 295 g/mol. The van der Waals surface area contributed by atoms with Crippen molar-refractivity contribution < 1.29 is 9.47 Å². The molecular formula is C19H21NO2. The molecule has 1 aliphatic heterocycles. The van der Waals surface area contributed by atoms with Gasteiger partial charge in [0.1, 0.15) is 23.7 Å². The van der Waals surface area contributed by atoms with E-state index in [0.717, 1.165) is 41.9 Å². The molecular weight excluding hydrogens is 274 g/mol. The van der Waals surface area contributed by atoms with E-state index >= 15 is 0 Å². The van der Waals surface area contributed by atoms with Crippen molar-refractivity contribution in [1.29, 1.82) is 0 Å². The molecule has 2 aromatic carbocycles. The molecule has 1 fully saturated rings. The number of hydrogen-bond acceptors (Lipinski definition) is 3. The quantitative estimate of drug-likeness (QED) is 0.931. The summed E-state index contributed by atoms with van der Waals surface area (Å²) in [6.45, 7) is 0.566. The Morgan fingerprint density at radius 2 is 1.95 bits per heavy atom. The molecule has 0 bridgehead atoms. The molecule has 4 rings (SSSR count). The molecule has 114 valence electrons. The zero-order valence-corrected chi connectivity index (χ0v) is 12.6. The summed E-state index contributed by atoms with van der Waals surface area (Å²) < 4.78 is 12.2. The third kappa shape index (κ3) is 2.46. The third-order valence-electron chi connectivity index (χ3n) is 4.82. The van der Waals surface area contributed by atoms with Crippen molar-refractivity contribution in [2.24, 2.45) is 5.73 Å². The molecule has 2 aliphatic rings. The fourth-order valence-electron chi connectivity index (χ4n) is 3.40. The predicted octanol–water partition coefficient (Wildman–Crippen LogP) is 3.97. The molecule has 1 unspecified atom stereocenters. The van der Waals surface area contributed by atoms with E-state index in [9.17, 15) is 0 Å². The topological polar surface area (TPSA) is 44.5 Å². The molecule has 22 heavy (non-hydrogen) atoms. The van der Waals surface area contributed by atoms with Gasteiger partial charge in [0, 0.05) is 24.1 Å². The summed E-state index contributed by atoms with van der Waals surface area (Å²) in [5.41, 5.74) is 8.58. The van der Waals surface area contributed by atoms with E-state index < -0.39 is 0 Å². The first kappa shape index (κ1) is 13.6. The fraction of sp³-hybridized carbons (Fsp3) is 0.368. The minimum absolute atomic E-state index is 0.00945. The minimum atomic E-state index is -0.00945. The lowest BCUT2D eigenvalue weighted by Crippen LogP contribution is -2.48. The Morgan fingerprint density at radius 1 is 1.14 bits per heavy atom. The number of rotatable bonds is 3. The first-order valence-corrected chi connectivity index (χ1v) is 7.99. The van der Waals surface area contributed by atoms with Crippen LogP contribution in [0.3, 0.4) is 0 Å². The summed E-state index contributed by atoms with van der Waals surface area (Å²) in [5, 5.41) is 0. The molecule has 3 heteroatoms. The van der Waals surface area contributed by atoms with Crippen LogP contribution in [0.5, 0.6) is 11.5 Å². The lowest BCUT2D eigenvalue weighted by atomic mass is 9.73. The van der Waals surface area contributed by atoms with Gasteiger partial charge in [-0.2, -0.15) is 0 Å². The van der Waals surface area contributed by atoms with E-state index in [2.05, 4.69) is 12.1 Å². The van der Waals surface area contributed by atoms with Crippen LogP contribution in [0, 0.1) is 0 Å². The van der Waals surface area contributed by atoms with Gasteiger partial charge in [-0.3, -0.25) is 0 Å². The molecule has 1 heterocycles. The Kier molecular flexibility index (Phi) is 3.30. The van der Waals surface area contributed by atoms with Crippen molar-refractivity contribution in [3.8, 4) is 11.5 Å². The van der Waals surface area contributed by atoms with Crippen molar-refractivity contribution in [2.75, 3.05) is 0 Å². The smallest absolute Gasteiger partial charge is 0.128 e. The van der Waals surface area contributed by atoms with Gasteiger partial charge in [0.05, 0.1) is 0 Å². The van der Waals surface area contributed by atoms with E-state index in [4.69, 9.17) is 15.2 Å². The Balaban J connectivity index is 1.52. The lowest BCUT2D eigenvalue weighted by Gasteiger charge is -2.47. The SMILES string of the molecule is NC1CC2(CCC2)Oc2cc(OCc3ccccc3)ccc21. The zero-order valence-electron chi connectivity index (χ0n) is 12.6. The molecule has 0 amide bonds. The van der Waals surface area contributed by atoms with E-state index in [0.29, 0.717) is 6.61 Å². The van der Waals surface area contributed by atoms with Gasteiger partial charge < -0.3 is 15.2 Å². The van der Waals surface area contributed by atoms with Crippen molar-refractivity contribution in [3.05, 3.63) is 59.7 Å². The molecule has 1 atom stereocenters. The Labute approximate surface area is 131 Å². The molecule has 0 radical (unpaired) electrons. The van der Waals surface area contributed by atoms with Crippen LogP contribution >= 0.6 is 0 Å². The summed E-state index contributed by atoms with van der Waals surface area (Å²) in [4.78, 5) is 0. The van der Waals surface area contributed by atoms with E-state index in [1.54, 1.807) is 0 Å². The van der Waals surface area contributed by atoms with Crippen molar-refractivity contribution in [3.63, 3.8) is 0 Å². The minimum Gasteiger partial charge on any atom is -0.489 e. The normalized spacial score (nSPS) is 21.6. The Bertz CT molecular complexity index is 664. The van der Waals surface area contributed by atoms with Crippen LogP contribution < -0.4 is 15.2 Å². The highest BCUT2D eigenvalue weighted by atomic mass is 16.5. The molecule has 0 aromatic heterocycles.